The van der Waals surface area contributed by atoms with Crippen LogP contribution in [0.4, 0.5) is 11.4 Å². The molecule has 0 bridgehead atoms. The van der Waals surface area contributed by atoms with Gasteiger partial charge in [0.25, 0.3) is 10.0 Å². The molecule has 0 fully saturated rings. The molecule has 0 saturated carbocycles. The molecule has 1 aromatic heterocycles. The van der Waals surface area contributed by atoms with Crippen molar-refractivity contribution in [1.29, 1.82) is 0 Å². The van der Waals surface area contributed by atoms with E-state index in [2.05, 4.69) is 15.0 Å². The molecule has 6 nitrogen and oxygen atoms in total. The fourth-order valence-corrected chi connectivity index (χ4v) is 3.67. The zero-order valence-corrected chi connectivity index (χ0v) is 14.7. The lowest BCUT2D eigenvalue weighted by Crippen LogP contribution is -2.13. The van der Waals surface area contributed by atoms with E-state index in [1.165, 1.54) is 25.1 Å². The Morgan fingerprint density at radius 3 is 2.64 bits per heavy atom. The van der Waals surface area contributed by atoms with E-state index in [0.717, 1.165) is 10.9 Å². The largest absolute Gasteiger partial charge is 0.325 e. The van der Waals surface area contributed by atoms with Gasteiger partial charge < -0.3 is 5.32 Å². The number of nitrogens with zero attached hydrogens (tertiary/aromatic N) is 1. The molecule has 0 saturated heterocycles. The Morgan fingerprint density at radius 1 is 1.12 bits per heavy atom. The summed E-state index contributed by atoms with van der Waals surface area (Å²) in [6, 6.07) is 12.8. The maximum absolute atomic E-state index is 12.6. The van der Waals surface area contributed by atoms with Gasteiger partial charge in [-0.2, -0.15) is 0 Å². The molecule has 128 valence electrons. The highest BCUT2D eigenvalue weighted by atomic mass is 35.5. The van der Waals surface area contributed by atoms with Gasteiger partial charge >= 0.3 is 0 Å². The van der Waals surface area contributed by atoms with Gasteiger partial charge in [-0.1, -0.05) is 17.7 Å². The highest BCUT2D eigenvalue weighted by Gasteiger charge is 2.16. The fourth-order valence-electron chi connectivity index (χ4n) is 2.31. The Kier molecular flexibility index (Phi) is 4.61. The molecule has 1 amide bonds. The SMILES string of the molecule is CC(=O)Nc1ccc(S(=O)(=O)Nc2ccc3ncccc3c2)cc1Cl. The number of aromatic nitrogens is 1. The third kappa shape index (κ3) is 3.89. The summed E-state index contributed by atoms with van der Waals surface area (Å²) >= 11 is 6.05. The minimum Gasteiger partial charge on any atom is -0.325 e. The molecular formula is C17H14ClN3O3S. The Morgan fingerprint density at radius 2 is 1.92 bits per heavy atom. The molecule has 1 heterocycles. The second-order valence-electron chi connectivity index (χ2n) is 5.34. The van der Waals surface area contributed by atoms with E-state index in [1.54, 1.807) is 30.5 Å². The number of hydrogen-bond acceptors (Lipinski definition) is 4. The van der Waals surface area contributed by atoms with Crippen molar-refractivity contribution in [3.05, 3.63) is 59.8 Å². The quantitative estimate of drug-likeness (QED) is 0.728. The number of benzene rings is 2. The van der Waals surface area contributed by atoms with Crippen molar-refractivity contribution in [3.63, 3.8) is 0 Å². The van der Waals surface area contributed by atoms with Crippen molar-refractivity contribution in [3.8, 4) is 0 Å². The van der Waals surface area contributed by atoms with Gasteiger partial charge in [-0.25, -0.2) is 8.42 Å². The summed E-state index contributed by atoms with van der Waals surface area (Å²) in [5, 5.41) is 3.49. The average molecular weight is 376 g/mol. The first-order valence-corrected chi connectivity index (χ1v) is 9.16. The molecule has 0 spiro atoms. The van der Waals surface area contributed by atoms with Crippen molar-refractivity contribution in [2.24, 2.45) is 0 Å². The Hall–Kier alpha value is -2.64. The topological polar surface area (TPSA) is 88.2 Å². The number of sulfonamides is 1. The molecule has 2 aromatic carbocycles. The molecule has 3 aromatic rings. The first kappa shape index (κ1) is 17.2. The zero-order valence-electron chi connectivity index (χ0n) is 13.2. The van der Waals surface area contributed by atoms with Crippen LogP contribution in [0.1, 0.15) is 6.92 Å². The Labute approximate surface area is 149 Å². The Balaban J connectivity index is 1.90. The van der Waals surface area contributed by atoms with Gasteiger partial charge in [0.1, 0.15) is 0 Å². The number of hydrogen-bond donors (Lipinski definition) is 2. The highest BCUT2D eigenvalue weighted by molar-refractivity contribution is 7.92. The summed E-state index contributed by atoms with van der Waals surface area (Å²) in [4.78, 5) is 15.3. The van der Waals surface area contributed by atoms with E-state index < -0.39 is 10.0 Å². The van der Waals surface area contributed by atoms with Crippen LogP contribution in [0.3, 0.4) is 0 Å². The number of rotatable bonds is 4. The second-order valence-corrected chi connectivity index (χ2v) is 7.43. The third-order valence-electron chi connectivity index (χ3n) is 3.42. The predicted octanol–water partition coefficient (Wildman–Crippen LogP) is 3.65. The molecule has 0 aliphatic heterocycles. The lowest BCUT2D eigenvalue weighted by Gasteiger charge is -2.11. The van der Waals surface area contributed by atoms with Crippen LogP contribution in [-0.2, 0) is 14.8 Å². The van der Waals surface area contributed by atoms with E-state index in [9.17, 15) is 13.2 Å². The minimum absolute atomic E-state index is 0.00196. The van der Waals surface area contributed by atoms with Gasteiger partial charge in [0.2, 0.25) is 5.91 Å². The molecule has 0 atom stereocenters. The average Bonchev–Trinajstić information content (AvgIpc) is 2.56. The molecule has 25 heavy (non-hydrogen) atoms. The van der Waals surface area contributed by atoms with Crippen LogP contribution >= 0.6 is 11.6 Å². The van der Waals surface area contributed by atoms with Crippen molar-refractivity contribution in [1.82, 2.24) is 4.98 Å². The number of pyridine rings is 1. The molecule has 0 radical (unpaired) electrons. The number of halogens is 1. The van der Waals surface area contributed by atoms with Crippen molar-refractivity contribution in [2.45, 2.75) is 11.8 Å². The number of nitrogens with one attached hydrogen (secondary N) is 2. The van der Waals surface area contributed by atoms with Gasteiger partial charge in [0.05, 0.1) is 21.1 Å². The van der Waals surface area contributed by atoms with E-state index in [-0.39, 0.29) is 15.8 Å². The molecule has 3 rings (SSSR count). The molecule has 0 aliphatic rings. The van der Waals surface area contributed by atoms with Gasteiger partial charge in [-0.05, 0) is 42.5 Å². The first-order chi connectivity index (χ1) is 11.8. The van der Waals surface area contributed by atoms with Crippen molar-refractivity contribution >= 4 is 49.8 Å². The summed E-state index contributed by atoms with van der Waals surface area (Å²) in [7, 11) is -3.82. The molecule has 2 N–H and O–H groups in total. The minimum atomic E-state index is -3.82. The van der Waals surface area contributed by atoms with Crippen LogP contribution in [0.15, 0.2) is 59.6 Å². The maximum Gasteiger partial charge on any atom is 0.261 e. The van der Waals surface area contributed by atoms with Gasteiger partial charge in [-0.3, -0.25) is 14.5 Å². The smallest absolute Gasteiger partial charge is 0.261 e. The molecule has 0 unspecified atom stereocenters. The summed E-state index contributed by atoms with van der Waals surface area (Å²) in [6.45, 7) is 1.34. The molecule has 0 aliphatic carbocycles. The number of anilines is 2. The zero-order chi connectivity index (χ0) is 18.0. The number of amides is 1. The van der Waals surface area contributed by atoms with E-state index in [4.69, 9.17) is 11.6 Å². The van der Waals surface area contributed by atoms with E-state index in [1.807, 2.05) is 6.07 Å². The summed E-state index contributed by atoms with van der Waals surface area (Å²) < 4.78 is 27.6. The van der Waals surface area contributed by atoms with Crippen LogP contribution in [0.2, 0.25) is 5.02 Å². The van der Waals surface area contributed by atoms with Crippen LogP contribution in [0, 0.1) is 0 Å². The fraction of sp³-hybridized carbons (Fsp3) is 0.0588. The van der Waals surface area contributed by atoms with Gasteiger partial charge in [0, 0.05) is 24.2 Å². The maximum atomic E-state index is 12.6. The van der Waals surface area contributed by atoms with Crippen LogP contribution in [0.25, 0.3) is 10.9 Å². The van der Waals surface area contributed by atoms with Crippen molar-refractivity contribution in [2.75, 3.05) is 10.0 Å². The molecule has 8 heteroatoms. The van der Waals surface area contributed by atoms with Crippen LogP contribution < -0.4 is 10.0 Å². The Bertz CT molecular complexity index is 1070. The monoisotopic (exact) mass is 375 g/mol. The standard InChI is InChI=1S/C17H14ClN3O3S/c1-11(22)20-17-7-5-14(10-15(17)18)25(23,24)21-13-4-6-16-12(9-13)3-2-8-19-16/h2-10,21H,1H3,(H,20,22). The normalized spacial score (nSPS) is 11.3. The second kappa shape index (κ2) is 6.70. The number of fused-ring (bicyclic) bond motifs is 1. The third-order valence-corrected chi connectivity index (χ3v) is 5.11. The van der Waals surface area contributed by atoms with Crippen LogP contribution in [-0.4, -0.2) is 19.3 Å². The predicted molar refractivity (Wildman–Crippen MR) is 98.3 cm³/mol. The molecular weight excluding hydrogens is 362 g/mol. The lowest BCUT2D eigenvalue weighted by molar-refractivity contribution is -0.114. The van der Waals surface area contributed by atoms with E-state index in [0.29, 0.717) is 11.4 Å². The van der Waals surface area contributed by atoms with Crippen LogP contribution in [0.5, 0.6) is 0 Å². The number of carbonyl (C=O) groups is 1. The van der Waals surface area contributed by atoms with Gasteiger partial charge in [-0.15, -0.1) is 0 Å². The first-order valence-electron chi connectivity index (χ1n) is 7.30. The summed E-state index contributed by atoms with van der Waals surface area (Å²) in [5.74, 6) is -0.291. The summed E-state index contributed by atoms with van der Waals surface area (Å²) in [6.07, 6.45) is 1.67. The highest BCUT2D eigenvalue weighted by Crippen LogP contribution is 2.27. The summed E-state index contributed by atoms with van der Waals surface area (Å²) in [5.41, 5.74) is 1.54. The van der Waals surface area contributed by atoms with E-state index >= 15 is 0 Å². The van der Waals surface area contributed by atoms with Crippen molar-refractivity contribution < 1.29 is 13.2 Å². The van der Waals surface area contributed by atoms with Gasteiger partial charge in [0.15, 0.2) is 0 Å². The number of carbonyl (C=O) groups excluding carboxylic acids is 1. The lowest BCUT2D eigenvalue weighted by atomic mass is 10.2.